The Morgan fingerprint density at radius 3 is 2.26 bits per heavy atom. The third-order valence-electron chi connectivity index (χ3n) is 15.9. The van der Waals surface area contributed by atoms with Gasteiger partial charge < -0.3 is 9.16 Å². The summed E-state index contributed by atoms with van der Waals surface area (Å²) in [6, 6.07) is 0. The zero-order valence-electron chi connectivity index (χ0n) is 31.5. The number of carbonyl (C=O) groups excluding carboxylic acids is 2. The second-order valence-electron chi connectivity index (χ2n) is 19.5. The number of rotatable bonds is 5. The zero-order chi connectivity index (χ0) is 34.5. The van der Waals surface area contributed by atoms with Crippen molar-refractivity contribution >= 4 is 20.1 Å². The quantitative estimate of drug-likeness (QED) is 0.169. The first-order valence-electron chi connectivity index (χ1n) is 18.1. The predicted octanol–water partition coefficient (Wildman–Crippen LogP) is 10.3. The number of hydrogen-bond donors (Lipinski definition) is 0. The van der Waals surface area contributed by atoms with Crippen LogP contribution < -0.4 is 0 Å². The lowest BCUT2D eigenvalue weighted by atomic mass is 9.33. The van der Waals surface area contributed by atoms with Crippen molar-refractivity contribution in [2.75, 3.05) is 13.7 Å². The molecule has 0 bridgehead atoms. The van der Waals surface area contributed by atoms with Crippen molar-refractivity contribution in [1.82, 2.24) is 0 Å². The van der Waals surface area contributed by atoms with E-state index in [0.29, 0.717) is 18.9 Å². The highest BCUT2D eigenvalue weighted by molar-refractivity contribution is 6.74. The van der Waals surface area contributed by atoms with Gasteiger partial charge in [-0.3, -0.25) is 9.59 Å². The van der Waals surface area contributed by atoms with Crippen LogP contribution in [-0.2, 0) is 18.8 Å². The van der Waals surface area contributed by atoms with Gasteiger partial charge in [0.2, 0.25) is 0 Å². The molecular formula is C40H63NO4Si. The average Bonchev–Trinajstić information content (AvgIpc) is 2.95. The Kier molecular flexibility index (Phi) is 8.43. The van der Waals surface area contributed by atoms with Crippen LogP contribution in [0.15, 0.2) is 22.9 Å². The molecule has 5 aliphatic rings. The Bertz CT molecular complexity index is 1410. The Hall–Kier alpha value is -1.71. The standard InChI is InChI=1S/C40H63NO4Si/c1-26-28(41-11)25-37(8)30(36(26,7)21-22-45-46(13,14)34(2,3)4)15-16-38(9)31(37)23-29(42)32-27-24-35(5,6)17-19-40(27,33(43)44-12)20-18-39(32,38)10/h23,27,30,32H,15-22,24-25H2,1-10,12-14H3/t27-,30-,32-,36+,37-,38+,39+,40-/m0/s1. The van der Waals surface area contributed by atoms with Gasteiger partial charge in [-0.2, -0.15) is 0 Å². The highest BCUT2D eigenvalue weighted by Crippen LogP contribution is 2.76. The third-order valence-corrected chi connectivity index (χ3v) is 20.4. The maximum absolute atomic E-state index is 14.8. The van der Waals surface area contributed by atoms with E-state index in [9.17, 15) is 9.59 Å². The fourth-order valence-corrected chi connectivity index (χ4v) is 12.6. The highest BCUT2D eigenvalue weighted by atomic mass is 28.4. The summed E-state index contributed by atoms with van der Waals surface area (Å²) in [5, 5.41) is 0.145. The van der Waals surface area contributed by atoms with Gasteiger partial charge in [0.1, 0.15) is 0 Å². The maximum atomic E-state index is 14.8. The number of nitrogens with zero attached hydrogens (tertiary/aromatic N) is 1. The minimum Gasteiger partial charge on any atom is -0.469 e. The number of methoxy groups -OCH3 is 1. The summed E-state index contributed by atoms with van der Waals surface area (Å²) in [5.41, 5.74) is 1.99. The van der Waals surface area contributed by atoms with Crippen LogP contribution in [0.2, 0.25) is 18.1 Å². The van der Waals surface area contributed by atoms with Crippen molar-refractivity contribution in [2.45, 2.75) is 145 Å². The van der Waals surface area contributed by atoms with Crippen molar-refractivity contribution in [2.24, 2.45) is 50.2 Å². The van der Waals surface area contributed by atoms with Crippen LogP contribution in [0, 0.1) is 56.8 Å². The zero-order valence-corrected chi connectivity index (χ0v) is 32.5. The van der Waals surface area contributed by atoms with E-state index in [4.69, 9.17) is 15.7 Å². The van der Waals surface area contributed by atoms with Crippen LogP contribution in [0.25, 0.3) is 4.85 Å². The van der Waals surface area contributed by atoms with Gasteiger partial charge in [0.25, 0.3) is 0 Å². The van der Waals surface area contributed by atoms with Crippen molar-refractivity contribution in [3.05, 3.63) is 34.3 Å². The van der Waals surface area contributed by atoms with E-state index in [2.05, 4.69) is 93.3 Å². The molecule has 46 heavy (non-hydrogen) atoms. The maximum Gasteiger partial charge on any atom is 0.312 e. The fourth-order valence-electron chi connectivity index (χ4n) is 11.5. The molecule has 0 aromatic rings. The van der Waals surface area contributed by atoms with Crippen molar-refractivity contribution in [3.8, 4) is 0 Å². The Morgan fingerprint density at radius 1 is 1.04 bits per heavy atom. The molecule has 256 valence electrons. The first-order valence-corrected chi connectivity index (χ1v) is 21.0. The van der Waals surface area contributed by atoms with E-state index in [1.54, 1.807) is 0 Å². The lowest BCUT2D eigenvalue weighted by molar-refractivity contribution is -0.192. The second kappa shape index (κ2) is 10.9. The van der Waals surface area contributed by atoms with Gasteiger partial charge >= 0.3 is 5.97 Å². The molecule has 0 heterocycles. The average molecular weight is 650 g/mol. The van der Waals surface area contributed by atoms with Crippen LogP contribution >= 0.6 is 0 Å². The smallest absolute Gasteiger partial charge is 0.312 e. The van der Waals surface area contributed by atoms with E-state index >= 15 is 0 Å². The Balaban J connectivity index is 1.59. The van der Waals surface area contributed by atoms with E-state index in [1.165, 1.54) is 18.3 Å². The number of ketones is 1. The van der Waals surface area contributed by atoms with E-state index in [0.717, 1.165) is 57.1 Å². The van der Waals surface area contributed by atoms with Gasteiger partial charge in [-0.15, -0.1) is 0 Å². The largest absolute Gasteiger partial charge is 0.469 e. The molecule has 0 spiro atoms. The highest BCUT2D eigenvalue weighted by Gasteiger charge is 2.71. The molecule has 0 aromatic heterocycles. The molecule has 8 atom stereocenters. The number of hydrogen-bond acceptors (Lipinski definition) is 4. The molecule has 0 N–H and O–H groups in total. The summed E-state index contributed by atoms with van der Waals surface area (Å²) in [7, 11) is -0.397. The lowest BCUT2D eigenvalue weighted by Crippen LogP contribution is -2.65. The summed E-state index contributed by atoms with van der Waals surface area (Å²) in [4.78, 5) is 32.6. The van der Waals surface area contributed by atoms with Gasteiger partial charge in [0.05, 0.1) is 19.1 Å². The van der Waals surface area contributed by atoms with Gasteiger partial charge in [0, 0.05) is 12.5 Å². The van der Waals surface area contributed by atoms with Crippen LogP contribution in [0.4, 0.5) is 0 Å². The number of carbonyl (C=O) groups is 2. The Labute approximate surface area is 281 Å². The van der Waals surface area contributed by atoms with Crippen molar-refractivity contribution < 1.29 is 18.8 Å². The van der Waals surface area contributed by atoms with Crippen LogP contribution in [-0.4, -0.2) is 33.8 Å². The summed E-state index contributed by atoms with van der Waals surface area (Å²) in [5.74, 6) is 0.224. The number of fused-ring (bicyclic) bond motifs is 7. The molecule has 0 aromatic carbocycles. The predicted molar refractivity (Wildman–Crippen MR) is 188 cm³/mol. The molecule has 0 saturated heterocycles. The first-order chi connectivity index (χ1) is 21.0. The molecule has 0 radical (unpaired) electrons. The molecule has 5 rings (SSSR count). The molecule has 5 aliphatic carbocycles. The summed E-state index contributed by atoms with van der Waals surface area (Å²) in [6.45, 7) is 36.9. The van der Waals surface area contributed by atoms with Gasteiger partial charge in [-0.05, 0) is 121 Å². The lowest BCUT2D eigenvalue weighted by Gasteiger charge is -2.69. The number of ether oxygens (including phenoxy) is 1. The number of allylic oxidation sites excluding steroid dienone is 4. The van der Waals surface area contributed by atoms with Gasteiger partial charge in [-0.1, -0.05) is 80.4 Å². The topological polar surface area (TPSA) is 57.0 Å². The minimum atomic E-state index is -1.92. The van der Waals surface area contributed by atoms with Crippen molar-refractivity contribution in [1.29, 1.82) is 0 Å². The van der Waals surface area contributed by atoms with E-state index in [1.807, 2.05) is 0 Å². The third kappa shape index (κ3) is 4.82. The molecule has 5 nitrogen and oxygen atoms in total. The van der Waals surface area contributed by atoms with Crippen molar-refractivity contribution in [3.63, 3.8) is 0 Å². The molecule has 6 heteroatoms. The molecule has 0 amide bonds. The van der Waals surface area contributed by atoms with Crippen LogP contribution in [0.1, 0.15) is 127 Å². The normalized spacial score (nSPS) is 42.1. The SMILES string of the molecule is [C-]#[N+]C1=C(C)[C@@](C)(CCO[Si](C)(C)C(C)(C)C)[C@@H]2CC[C@]3(C)C(=CC(=O)[C@@H]4[C@@H]5CC(C)(C)CC[C@]5(C(=O)OC)CC[C@]43C)[C@@]2(C)C1. The second-order valence-corrected chi connectivity index (χ2v) is 24.3. The fraction of sp³-hybridized carbons (Fsp3) is 0.825. The summed E-state index contributed by atoms with van der Waals surface area (Å²) in [6.07, 6.45) is 10.1. The molecule has 0 aliphatic heterocycles. The minimum absolute atomic E-state index is 0.0137. The monoisotopic (exact) mass is 649 g/mol. The van der Waals surface area contributed by atoms with Crippen LogP contribution in [0.5, 0.6) is 0 Å². The number of esters is 1. The molecule has 0 unspecified atom stereocenters. The molecule has 3 fully saturated rings. The molecule has 3 saturated carbocycles. The summed E-state index contributed by atoms with van der Waals surface area (Å²) >= 11 is 0. The Morgan fingerprint density at radius 2 is 1.67 bits per heavy atom. The van der Waals surface area contributed by atoms with Gasteiger partial charge in [0.15, 0.2) is 19.8 Å². The van der Waals surface area contributed by atoms with Crippen LogP contribution in [0.3, 0.4) is 0 Å². The summed E-state index contributed by atoms with van der Waals surface area (Å²) < 4.78 is 12.3. The molecular weight excluding hydrogens is 587 g/mol. The van der Waals surface area contributed by atoms with Gasteiger partial charge in [-0.25, -0.2) is 4.85 Å². The first kappa shape index (κ1) is 35.6. The van der Waals surface area contributed by atoms with E-state index < -0.39 is 13.7 Å². The van der Waals surface area contributed by atoms with E-state index in [-0.39, 0.29) is 55.7 Å².